The summed E-state index contributed by atoms with van der Waals surface area (Å²) in [6.07, 6.45) is 14.6. The van der Waals surface area contributed by atoms with Gasteiger partial charge in [-0.25, -0.2) is 0 Å². The van der Waals surface area contributed by atoms with Crippen LogP contribution in [0, 0.1) is 5.92 Å². The number of hydrogen-bond acceptors (Lipinski definition) is 2. The van der Waals surface area contributed by atoms with E-state index < -0.39 is 0 Å². The summed E-state index contributed by atoms with van der Waals surface area (Å²) in [7, 11) is 0. The van der Waals surface area contributed by atoms with E-state index in [0.29, 0.717) is 0 Å². The van der Waals surface area contributed by atoms with E-state index in [-0.39, 0.29) is 12.2 Å². The van der Waals surface area contributed by atoms with E-state index in [1.807, 2.05) is 0 Å². The Kier molecular flexibility index (Phi) is 10.4. The van der Waals surface area contributed by atoms with Gasteiger partial charge in [-0.15, -0.1) is 0 Å². The van der Waals surface area contributed by atoms with Crippen LogP contribution < -0.4 is 0 Å². The first-order valence-corrected chi connectivity index (χ1v) is 9.00. The molecule has 20 heavy (non-hydrogen) atoms. The lowest BCUT2D eigenvalue weighted by Crippen LogP contribution is -2.29. The minimum atomic E-state index is -0.242. The highest BCUT2D eigenvalue weighted by molar-refractivity contribution is 4.70. The summed E-state index contributed by atoms with van der Waals surface area (Å²) in [6.45, 7) is 5.33. The summed E-state index contributed by atoms with van der Waals surface area (Å²) in [5.41, 5.74) is 0. The van der Waals surface area contributed by atoms with Crippen LogP contribution in [0.3, 0.4) is 0 Å². The highest BCUT2D eigenvalue weighted by Gasteiger charge is 2.19. The summed E-state index contributed by atoms with van der Waals surface area (Å²) in [5.74, 6) is 0.750. The van der Waals surface area contributed by atoms with Gasteiger partial charge in [0.25, 0.3) is 0 Å². The van der Waals surface area contributed by atoms with E-state index in [9.17, 15) is 5.11 Å². The molecule has 0 radical (unpaired) electrons. The molecule has 1 aliphatic rings. The number of ether oxygens (including phenoxy) is 1. The van der Waals surface area contributed by atoms with Crippen molar-refractivity contribution in [2.75, 3.05) is 6.61 Å². The van der Waals surface area contributed by atoms with Crippen molar-refractivity contribution < 1.29 is 9.84 Å². The molecule has 2 unspecified atom stereocenters. The second-order valence-corrected chi connectivity index (χ2v) is 6.92. The lowest BCUT2D eigenvalue weighted by molar-refractivity contribution is -0.0479. The molecule has 0 bridgehead atoms. The van der Waals surface area contributed by atoms with Crippen LogP contribution >= 0.6 is 0 Å². The van der Waals surface area contributed by atoms with Gasteiger partial charge in [0.15, 0.2) is 0 Å². The third-order valence-corrected chi connectivity index (χ3v) is 4.43. The number of rotatable bonds is 5. The van der Waals surface area contributed by atoms with Crippen LogP contribution in [0.5, 0.6) is 0 Å². The lowest BCUT2D eigenvalue weighted by atomic mass is 9.97. The Bertz CT molecular complexity index is 215. The first-order valence-electron chi connectivity index (χ1n) is 9.00. The van der Waals surface area contributed by atoms with Crippen LogP contribution in [0.1, 0.15) is 90.9 Å². The standard InChI is InChI=1S/C18H36O2/c1-16(2)12-11-15-20-18-14-10-8-6-4-3-5-7-9-13-17(18)19/h16-19H,3-15H2,1-2H3. The first-order chi connectivity index (χ1) is 9.70. The van der Waals surface area contributed by atoms with Gasteiger partial charge in [0.2, 0.25) is 0 Å². The Labute approximate surface area is 126 Å². The molecular weight excluding hydrogens is 248 g/mol. The maximum Gasteiger partial charge on any atom is 0.0833 e. The van der Waals surface area contributed by atoms with E-state index in [0.717, 1.165) is 38.2 Å². The second kappa shape index (κ2) is 11.6. The SMILES string of the molecule is CC(C)CCCOC1CCCCCCCCCCC1O. The fourth-order valence-electron chi connectivity index (χ4n) is 3.06. The third kappa shape index (κ3) is 8.97. The molecule has 0 amide bonds. The van der Waals surface area contributed by atoms with Gasteiger partial charge in [0, 0.05) is 6.61 Å². The molecule has 1 saturated carbocycles. The van der Waals surface area contributed by atoms with Crippen molar-refractivity contribution in [3.8, 4) is 0 Å². The van der Waals surface area contributed by atoms with Crippen LogP contribution in [0.25, 0.3) is 0 Å². The van der Waals surface area contributed by atoms with Crippen LogP contribution in [-0.2, 0) is 4.74 Å². The minimum Gasteiger partial charge on any atom is -0.390 e. The fraction of sp³-hybridized carbons (Fsp3) is 1.00. The Morgan fingerprint density at radius 1 is 0.900 bits per heavy atom. The average Bonchev–Trinajstić information content (AvgIpc) is 2.40. The fourth-order valence-corrected chi connectivity index (χ4v) is 3.06. The van der Waals surface area contributed by atoms with Crippen LogP contribution in [0.15, 0.2) is 0 Å². The zero-order chi connectivity index (χ0) is 14.6. The van der Waals surface area contributed by atoms with Gasteiger partial charge in [-0.3, -0.25) is 0 Å². The molecule has 2 heteroatoms. The predicted molar refractivity (Wildman–Crippen MR) is 86.0 cm³/mol. The van der Waals surface area contributed by atoms with E-state index in [1.54, 1.807) is 0 Å². The largest absolute Gasteiger partial charge is 0.390 e. The highest BCUT2D eigenvalue weighted by Crippen LogP contribution is 2.19. The van der Waals surface area contributed by atoms with Crippen LogP contribution in [0.4, 0.5) is 0 Å². The lowest BCUT2D eigenvalue weighted by Gasteiger charge is -2.24. The average molecular weight is 284 g/mol. The molecule has 0 aromatic rings. The Morgan fingerprint density at radius 3 is 2.05 bits per heavy atom. The van der Waals surface area contributed by atoms with E-state index in [2.05, 4.69) is 13.8 Å². The molecule has 1 rings (SSSR count). The molecule has 0 heterocycles. The van der Waals surface area contributed by atoms with Gasteiger partial charge in [-0.05, 0) is 31.6 Å². The first kappa shape index (κ1) is 18.0. The van der Waals surface area contributed by atoms with Gasteiger partial charge in [0.1, 0.15) is 0 Å². The molecule has 0 aliphatic heterocycles. The van der Waals surface area contributed by atoms with Gasteiger partial charge < -0.3 is 9.84 Å². The summed E-state index contributed by atoms with van der Waals surface area (Å²) < 4.78 is 6.00. The maximum absolute atomic E-state index is 10.3. The summed E-state index contributed by atoms with van der Waals surface area (Å²) in [4.78, 5) is 0. The van der Waals surface area contributed by atoms with Crippen molar-refractivity contribution in [1.29, 1.82) is 0 Å². The Balaban J connectivity index is 2.28. The molecular formula is C18H36O2. The van der Waals surface area contributed by atoms with Crippen LogP contribution in [0.2, 0.25) is 0 Å². The smallest absolute Gasteiger partial charge is 0.0833 e. The van der Waals surface area contributed by atoms with E-state index in [1.165, 1.54) is 51.4 Å². The van der Waals surface area contributed by atoms with Crippen molar-refractivity contribution >= 4 is 0 Å². The van der Waals surface area contributed by atoms with Crippen molar-refractivity contribution in [1.82, 2.24) is 0 Å². The zero-order valence-corrected chi connectivity index (χ0v) is 13.8. The molecule has 0 aromatic carbocycles. The van der Waals surface area contributed by atoms with Crippen molar-refractivity contribution in [3.05, 3.63) is 0 Å². The zero-order valence-electron chi connectivity index (χ0n) is 13.8. The number of aliphatic hydroxyl groups excluding tert-OH is 1. The molecule has 0 aromatic heterocycles. The van der Waals surface area contributed by atoms with Gasteiger partial charge in [-0.2, -0.15) is 0 Å². The highest BCUT2D eigenvalue weighted by atomic mass is 16.5. The normalized spacial score (nSPS) is 27.0. The van der Waals surface area contributed by atoms with Crippen molar-refractivity contribution in [2.45, 2.75) is 103 Å². The van der Waals surface area contributed by atoms with Crippen molar-refractivity contribution in [3.63, 3.8) is 0 Å². The van der Waals surface area contributed by atoms with E-state index in [4.69, 9.17) is 4.74 Å². The molecule has 0 saturated heterocycles. The van der Waals surface area contributed by atoms with E-state index >= 15 is 0 Å². The van der Waals surface area contributed by atoms with Gasteiger partial charge >= 0.3 is 0 Å². The Morgan fingerprint density at radius 2 is 1.45 bits per heavy atom. The minimum absolute atomic E-state index is 0.0848. The number of hydrogen-bond donors (Lipinski definition) is 1. The van der Waals surface area contributed by atoms with Gasteiger partial charge in [-0.1, -0.05) is 65.2 Å². The molecule has 1 N–H and O–H groups in total. The Hall–Kier alpha value is -0.0800. The summed E-state index contributed by atoms with van der Waals surface area (Å²) in [5, 5.41) is 10.3. The summed E-state index contributed by atoms with van der Waals surface area (Å²) in [6, 6.07) is 0. The predicted octanol–water partition coefficient (Wildman–Crippen LogP) is 5.08. The van der Waals surface area contributed by atoms with Crippen molar-refractivity contribution in [2.24, 2.45) is 5.92 Å². The van der Waals surface area contributed by atoms with Gasteiger partial charge in [0.05, 0.1) is 12.2 Å². The number of aliphatic hydroxyl groups is 1. The molecule has 120 valence electrons. The molecule has 2 atom stereocenters. The maximum atomic E-state index is 10.3. The molecule has 1 fully saturated rings. The molecule has 1 aliphatic carbocycles. The summed E-state index contributed by atoms with van der Waals surface area (Å²) >= 11 is 0. The topological polar surface area (TPSA) is 29.5 Å². The molecule has 0 spiro atoms. The third-order valence-electron chi connectivity index (χ3n) is 4.43. The monoisotopic (exact) mass is 284 g/mol. The second-order valence-electron chi connectivity index (χ2n) is 6.92. The van der Waals surface area contributed by atoms with Crippen LogP contribution in [-0.4, -0.2) is 23.9 Å². The molecule has 2 nitrogen and oxygen atoms in total. The quantitative estimate of drug-likeness (QED) is 0.713.